The van der Waals surface area contributed by atoms with Crippen LogP contribution in [0.15, 0.2) is 54.9 Å². The number of carbonyl (C=O) groups is 1. The number of anilines is 1. The van der Waals surface area contributed by atoms with Crippen molar-refractivity contribution in [2.75, 3.05) is 38.2 Å². The van der Waals surface area contributed by atoms with Gasteiger partial charge < -0.3 is 10.1 Å². The van der Waals surface area contributed by atoms with Gasteiger partial charge in [-0.15, -0.1) is 0 Å². The lowest BCUT2D eigenvalue weighted by molar-refractivity contribution is -0.118. The molecule has 1 unspecified atom stereocenters. The Labute approximate surface area is 197 Å². The van der Waals surface area contributed by atoms with Gasteiger partial charge in [0.05, 0.1) is 31.0 Å². The third-order valence-electron chi connectivity index (χ3n) is 6.08. The standard InChI is InChI=1S/C23H23ClN4O4S/c24-18-6-5-17-14-28(33(30,31)27-7-9-32-10-8-27)15-21(20(17)11-18)23(29)26-22-13-25-12-16-3-1-2-4-19(16)22/h1-6,11-13,21H,7-10,14-15H2,(H,26,29). The van der Waals surface area contributed by atoms with E-state index in [0.29, 0.717) is 37.0 Å². The SMILES string of the molecule is O=C(Nc1cncc2ccccc12)C1CN(S(=O)(=O)N2CCOCC2)Cc2ccc(Cl)cc21. The second-order valence-electron chi connectivity index (χ2n) is 8.10. The van der Waals surface area contributed by atoms with E-state index in [1.807, 2.05) is 24.3 Å². The second-order valence-corrected chi connectivity index (χ2v) is 10.5. The minimum absolute atomic E-state index is 0.0249. The van der Waals surface area contributed by atoms with Gasteiger partial charge in [-0.25, -0.2) is 0 Å². The zero-order valence-electron chi connectivity index (χ0n) is 17.8. The number of pyridine rings is 1. The Hall–Kier alpha value is -2.56. The van der Waals surface area contributed by atoms with E-state index in [1.165, 1.54) is 8.61 Å². The van der Waals surface area contributed by atoms with E-state index in [0.717, 1.165) is 21.9 Å². The largest absolute Gasteiger partial charge is 0.379 e. The summed E-state index contributed by atoms with van der Waals surface area (Å²) in [6.07, 6.45) is 3.33. The molecule has 0 bridgehead atoms. The monoisotopic (exact) mass is 486 g/mol. The summed E-state index contributed by atoms with van der Waals surface area (Å²) < 4.78 is 34.8. The maximum atomic E-state index is 13.5. The van der Waals surface area contributed by atoms with Crippen molar-refractivity contribution in [2.24, 2.45) is 0 Å². The topological polar surface area (TPSA) is 91.8 Å². The molecule has 1 amide bonds. The number of ether oxygens (including phenoxy) is 1. The first kappa shape index (κ1) is 22.2. The van der Waals surface area contributed by atoms with E-state index in [-0.39, 0.29) is 19.0 Å². The van der Waals surface area contributed by atoms with Crippen LogP contribution in [0.1, 0.15) is 17.0 Å². The van der Waals surface area contributed by atoms with Crippen LogP contribution in [0.25, 0.3) is 10.8 Å². The van der Waals surface area contributed by atoms with Crippen LogP contribution >= 0.6 is 11.6 Å². The fourth-order valence-corrected chi connectivity index (χ4v) is 6.12. The summed E-state index contributed by atoms with van der Waals surface area (Å²) in [5.41, 5.74) is 2.08. The van der Waals surface area contributed by atoms with Gasteiger partial charge in [-0.3, -0.25) is 9.78 Å². The summed E-state index contributed by atoms with van der Waals surface area (Å²) in [6.45, 7) is 1.52. The molecule has 10 heteroatoms. The first-order valence-electron chi connectivity index (χ1n) is 10.7. The number of hydrogen-bond donors (Lipinski definition) is 1. The number of hydrogen-bond acceptors (Lipinski definition) is 5. The minimum Gasteiger partial charge on any atom is -0.379 e. The van der Waals surface area contributed by atoms with Crippen LogP contribution in [0.3, 0.4) is 0 Å². The summed E-state index contributed by atoms with van der Waals surface area (Å²) >= 11 is 6.24. The highest BCUT2D eigenvalue weighted by molar-refractivity contribution is 7.86. The number of nitrogens with one attached hydrogen (secondary N) is 1. The number of amides is 1. The van der Waals surface area contributed by atoms with E-state index in [9.17, 15) is 13.2 Å². The van der Waals surface area contributed by atoms with Gasteiger partial charge in [0, 0.05) is 48.2 Å². The normalized spacial score (nSPS) is 19.8. The molecule has 1 fully saturated rings. The van der Waals surface area contributed by atoms with Gasteiger partial charge in [-0.05, 0) is 23.3 Å². The Bertz CT molecular complexity index is 1310. The third kappa shape index (κ3) is 4.34. The van der Waals surface area contributed by atoms with Gasteiger partial charge in [-0.1, -0.05) is 41.9 Å². The fraction of sp³-hybridized carbons (Fsp3) is 0.304. The van der Waals surface area contributed by atoms with Gasteiger partial charge >= 0.3 is 0 Å². The Morgan fingerprint density at radius 3 is 2.70 bits per heavy atom. The van der Waals surface area contributed by atoms with E-state index in [4.69, 9.17) is 16.3 Å². The van der Waals surface area contributed by atoms with Crippen molar-refractivity contribution < 1.29 is 17.9 Å². The minimum atomic E-state index is -3.75. The van der Waals surface area contributed by atoms with E-state index < -0.39 is 16.1 Å². The quantitative estimate of drug-likeness (QED) is 0.612. The molecule has 0 spiro atoms. The predicted octanol–water partition coefficient (Wildman–Crippen LogP) is 3.00. The van der Waals surface area contributed by atoms with Gasteiger partial charge in [0.2, 0.25) is 5.91 Å². The molecule has 0 radical (unpaired) electrons. The molecular formula is C23H23ClN4O4S. The van der Waals surface area contributed by atoms with Gasteiger partial charge in [0.15, 0.2) is 0 Å². The van der Waals surface area contributed by atoms with Crippen LogP contribution in [-0.4, -0.2) is 60.8 Å². The molecule has 0 saturated carbocycles. The Balaban J connectivity index is 1.48. The van der Waals surface area contributed by atoms with Gasteiger partial charge in [0.1, 0.15) is 0 Å². The second kappa shape index (κ2) is 9.00. The number of carbonyl (C=O) groups excluding carboxylic acids is 1. The maximum absolute atomic E-state index is 13.5. The molecule has 172 valence electrons. The smallest absolute Gasteiger partial charge is 0.282 e. The summed E-state index contributed by atoms with van der Waals surface area (Å²) in [6, 6.07) is 12.9. The molecule has 2 aliphatic rings. The number of aromatic nitrogens is 1. The van der Waals surface area contributed by atoms with Gasteiger partial charge in [-0.2, -0.15) is 17.0 Å². The average molecular weight is 487 g/mol. The summed E-state index contributed by atoms with van der Waals surface area (Å²) in [4.78, 5) is 17.7. The molecular weight excluding hydrogens is 464 g/mol. The number of benzene rings is 2. The van der Waals surface area contributed by atoms with E-state index >= 15 is 0 Å². The number of morpholine rings is 1. The highest BCUT2D eigenvalue weighted by Gasteiger charge is 2.39. The van der Waals surface area contributed by atoms with Crippen LogP contribution in [0.2, 0.25) is 5.02 Å². The van der Waals surface area contributed by atoms with Crippen molar-refractivity contribution in [2.45, 2.75) is 12.5 Å². The van der Waals surface area contributed by atoms with Gasteiger partial charge in [0.25, 0.3) is 10.2 Å². The highest BCUT2D eigenvalue weighted by Crippen LogP contribution is 2.34. The van der Waals surface area contributed by atoms with E-state index in [2.05, 4.69) is 10.3 Å². The molecule has 3 heterocycles. The van der Waals surface area contributed by atoms with Crippen LogP contribution in [0.5, 0.6) is 0 Å². The fourth-order valence-electron chi connectivity index (χ4n) is 4.37. The molecule has 3 aromatic rings. The molecule has 1 atom stereocenters. The third-order valence-corrected chi connectivity index (χ3v) is 8.27. The Morgan fingerprint density at radius 2 is 1.88 bits per heavy atom. The first-order chi connectivity index (χ1) is 15.9. The summed E-state index contributed by atoms with van der Waals surface area (Å²) in [5.74, 6) is -1.03. The Kier molecular flexibility index (Phi) is 6.07. The first-order valence-corrected chi connectivity index (χ1v) is 12.5. The van der Waals surface area contributed by atoms with Crippen molar-refractivity contribution in [3.8, 4) is 0 Å². The molecule has 5 rings (SSSR count). The molecule has 2 aromatic carbocycles. The Morgan fingerprint density at radius 1 is 1.09 bits per heavy atom. The van der Waals surface area contributed by atoms with Crippen molar-refractivity contribution in [1.29, 1.82) is 0 Å². The molecule has 2 aliphatic heterocycles. The molecule has 1 saturated heterocycles. The number of nitrogens with zero attached hydrogens (tertiary/aromatic N) is 3. The van der Waals surface area contributed by atoms with Crippen molar-refractivity contribution >= 4 is 44.2 Å². The number of fused-ring (bicyclic) bond motifs is 2. The molecule has 8 nitrogen and oxygen atoms in total. The lowest BCUT2D eigenvalue weighted by atomic mass is 9.90. The molecule has 1 N–H and O–H groups in total. The summed E-state index contributed by atoms with van der Waals surface area (Å²) in [5, 5.41) is 5.23. The number of rotatable bonds is 4. The van der Waals surface area contributed by atoms with Crippen molar-refractivity contribution in [3.63, 3.8) is 0 Å². The van der Waals surface area contributed by atoms with Crippen LogP contribution in [0.4, 0.5) is 5.69 Å². The predicted molar refractivity (Wildman–Crippen MR) is 126 cm³/mol. The zero-order valence-corrected chi connectivity index (χ0v) is 19.3. The lowest BCUT2D eigenvalue weighted by Gasteiger charge is -2.37. The summed E-state index contributed by atoms with van der Waals surface area (Å²) in [7, 11) is -3.75. The lowest BCUT2D eigenvalue weighted by Crippen LogP contribution is -2.51. The average Bonchev–Trinajstić information content (AvgIpc) is 2.84. The molecule has 1 aromatic heterocycles. The zero-order chi connectivity index (χ0) is 23.0. The van der Waals surface area contributed by atoms with E-state index in [1.54, 1.807) is 30.6 Å². The van der Waals surface area contributed by atoms with Crippen molar-refractivity contribution in [3.05, 3.63) is 71.0 Å². The van der Waals surface area contributed by atoms with Crippen LogP contribution < -0.4 is 5.32 Å². The van der Waals surface area contributed by atoms with Crippen LogP contribution in [-0.2, 0) is 26.3 Å². The molecule has 33 heavy (non-hydrogen) atoms. The highest BCUT2D eigenvalue weighted by atomic mass is 35.5. The molecule has 0 aliphatic carbocycles. The number of halogens is 1. The van der Waals surface area contributed by atoms with Crippen molar-refractivity contribution in [1.82, 2.24) is 13.6 Å². The maximum Gasteiger partial charge on any atom is 0.282 e. The van der Waals surface area contributed by atoms with Crippen LogP contribution in [0, 0.1) is 0 Å².